The fourth-order valence-corrected chi connectivity index (χ4v) is 1.53. The van der Waals surface area contributed by atoms with Gasteiger partial charge in [0.2, 0.25) is 0 Å². The van der Waals surface area contributed by atoms with Gasteiger partial charge in [-0.3, -0.25) is 0 Å². The van der Waals surface area contributed by atoms with E-state index in [0.29, 0.717) is 21.5 Å². The Morgan fingerprint density at radius 2 is 1.83 bits per heavy atom. The summed E-state index contributed by atoms with van der Waals surface area (Å²) in [5.74, 6) is -0.177. The van der Waals surface area contributed by atoms with Crippen molar-refractivity contribution in [1.82, 2.24) is 4.98 Å². The van der Waals surface area contributed by atoms with Gasteiger partial charge in [-0.2, -0.15) is 0 Å². The van der Waals surface area contributed by atoms with Crippen LogP contribution in [-0.4, -0.2) is 16.1 Å². The summed E-state index contributed by atoms with van der Waals surface area (Å²) in [6.07, 6.45) is 1.33. The molecule has 0 atom stereocenters. The predicted octanol–water partition coefficient (Wildman–Crippen LogP) is 3.88. The number of hydrogen-bond donors (Lipinski definition) is 1. The second-order valence-electron chi connectivity index (χ2n) is 3.36. The van der Waals surface area contributed by atoms with Crippen molar-refractivity contribution < 1.29 is 14.6 Å². The fraction of sp³-hybridized carbons (Fsp3) is 0. The van der Waals surface area contributed by atoms with Crippen molar-refractivity contribution in [3.8, 4) is 11.5 Å². The molecule has 0 fully saturated rings. The van der Waals surface area contributed by atoms with Crippen molar-refractivity contribution in [1.29, 1.82) is 0 Å². The lowest BCUT2D eigenvalue weighted by atomic mass is 10.3. The third-order valence-electron chi connectivity index (χ3n) is 2.08. The smallest absolute Gasteiger partial charge is 0.354 e. The van der Waals surface area contributed by atoms with Crippen molar-refractivity contribution >= 4 is 29.2 Å². The maximum Gasteiger partial charge on any atom is 0.354 e. The van der Waals surface area contributed by atoms with Gasteiger partial charge in [0.05, 0.1) is 16.2 Å². The third-order valence-corrected chi connectivity index (χ3v) is 2.82. The molecule has 0 saturated heterocycles. The number of benzene rings is 1. The largest absolute Gasteiger partial charge is 0.477 e. The van der Waals surface area contributed by atoms with Gasteiger partial charge in [-0.15, -0.1) is 0 Å². The van der Waals surface area contributed by atoms with E-state index in [0.717, 1.165) is 0 Å². The molecule has 0 radical (unpaired) electrons. The van der Waals surface area contributed by atoms with Gasteiger partial charge in [0.25, 0.3) is 0 Å². The van der Waals surface area contributed by atoms with E-state index in [-0.39, 0.29) is 5.69 Å². The summed E-state index contributed by atoms with van der Waals surface area (Å²) in [6.45, 7) is 0. The number of aromatic nitrogens is 1. The van der Waals surface area contributed by atoms with Crippen molar-refractivity contribution in [3.63, 3.8) is 0 Å². The minimum Gasteiger partial charge on any atom is -0.477 e. The lowest BCUT2D eigenvalue weighted by molar-refractivity contribution is 0.0690. The van der Waals surface area contributed by atoms with Gasteiger partial charge in [0, 0.05) is 6.07 Å². The topological polar surface area (TPSA) is 59.4 Å². The van der Waals surface area contributed by atoms with Gasteiger partial charge >= 0.3 is 5.97 Å². The Morgan fingerprint density at radius 1 is 1.11 bits per heavy atom. The molecular weight excluding hydrogens is 277 g/mol. The number of hydrogen-bond acceptors (Lipinski definition) is 3. The lowest BCUT2D eigenvalue weighted by Gasteiger charge is -2.06. The van der Waals surface area contributed by atoms with Gasteiger partial charge < -0.3 is 9.84 Å². The molecule has 0 saturated carbocycles. The molecular formula is C12H7Cl2NO3. The number of carboxylic acids is 1. The molecule has 0 aliphatic heterocycles. The Balaban J connectivity index is 2.18. The highest BCUT2D eigenvalue weighted by atomic mass is 35.5. The van der Waals surface area contributed by atoms with Crippen molar-refractivity contribution in [2.75, 3.05) is 0 Å². The monoisotopic (exact) mass is 283 g/mol. The summed E-state index contributed by atoms with van der Waals surface area (Å²) in [4.78, 5) is 14.3. The number of pyridine rings is 1. The van der Waals surface area contributed by atoms with Crippen LogP contribution in [-0.2, 0) is 0 Å². The van der Waals surface area contributed by atoms with Crippen molar-refractivity contribution in [3.05, 3.63) is 52.3 Å². The Hall–Kier alpha value is -1.78. The second kappa shape index (κ2) is 5.25. The molecule has 4 nitrogen and oxygen atoms in total. The summed E-state index contributed by atoms with van der Waals surface area (Å²) in [5, 5.41) is 9.51. The summed E-state index contributed by atoms with van der Waals surface area (Å²) < 4.78 is 5.45. The molecule has 1 aromatic carbocycles. The van der Waals surface area contributed by atoms with Crippen LogP contribution in [0.1, 0.15) is 10.5 Å². The zero-order chi connectivity index (χ0) is 13.1. The first kappa shape index (κ1) is 12.7. The van der Waals surface area contributed by atoms with Crippen LogP contribution in [0.5, 0.6) is 11.5 Å². The first-order valence-electron chi connectivity index (χ1n) is 4.88. The molecule has 2 rings (SSSR count). The first-order chi connectivity index (χ1) is 8.56. The molecule has 0 unspecified atom stereocenters. The van der Waals surface area contributed by atoms with Gasteiger partial charge in [-0.05, 0) is 24.3 Å². The molecule has 2 aromatic rings. The summed E-state index contributed by atoms with van der Waals surface area (Å²) in [6, 6.07) is 7.70. The summed E-state index contributed by atoms with van der Waals surface area (Å²) in [7, 11) is 0. The second-order valence-corrected chi connectivity index (χ2v) is 4.18. The molecule has 0 aliphatic rings. The number of carboxylic acid groups (broad SMARTS) is 1. The van der Waals surface area contributed by atoms with E-state index in [4.69, 9.17) is 33.0 Å². The quantitative estimate of drug-likeness (QED) is 0.929. The third kappa shape index (κ3) is 2.91. The summed E-state index contributed by atoms with van der Waals surface area (Å²) >= 11 is 11.6. The van der Waals surface area contributed by atoms with Crippen LogP contribution in [0, 0.1) is 0 Å². The number of carbonyl (C=O) groups is 1. The highest BCUT2D eigenvalue weighted by Crippen LogP contribution is 2.29. The molecule has 1 heterocycles. The van der Waals surface area contributed by atoms with E-state index in [1.54, 1.807) is 18.2 Å². The van der Waals surface area contributed by atoms with Crippen LogP contribution in [0.3, 0.4) is 0 Å². The van der Waals surface area contributed by atoms with Gasteiger partial charge in [-0.25, -0.2) is 9.78 Å². The molecule has 92 valence electrons. The normalized spacial score (nSPS) is 10.1. The van der Waals surface area contributed by atoms with Gasteiger partial charge in [0.1, 0.15) is 17.2 Å². The van der Waals surface area contributed by atoms with E-state index in [2.05, 4.69) is 4.98 Å². The SMILES string of the molecule is O=C(O)c1ccc(Oc2ccc(Cl)c(Cl)c2)cn1. The molecule has 0 aliphatic carbocycles. The van der Waals surface area contributed by atoms with E-state index in [1.807, 2.05) is 0 Å². The number of rotatable bonds is 3. The van der Waals surface area contributed by atoms with E-state index < -0.39 is 5.97 Å². The molecule has 0 bridgehead atoms. The average molecular weight is 284 g/mol. The summed E-state index contributed by atoms with van der Waals surface area (Å²) in [5.41, 5.74) is -0.0449. The highest BCUT2D eigenvalue weighted by Gasteiger charge is 2.05. The highest BCUT2D eigenvalue weighted by molar-refractivity contribution is 6.42. The molecule has 1 N–H and O–H groups in total. The fourth-order valence-electron chi connectivity index (χ4n) is 1.24. The van der Waals surface area contributed by atoms with Gasteiger partial charge in [0.15, 0.2) is 0 Å². The van der Waals surface area contributed by atoms with E-state index in [1.165, 1.54) is 18.3 Å². The maximum atomic E-state index is 10.6. The first-order valence-corrected chi connectivity index (χ1v) is 5.64. The van der Waals surface area contributed by atoms with Crippen LogP contribution < -0.4 is 4.74 Å². The van der Waals surface area contributed by atoms with Crippen molar-refractivity contribution in [2.45, 2.75) is 0 Å². The number of ether oxygens (including phenoxy) is 1. The zero-order valence-electron chi connectivity index (χ0n) is 8.93. The predicted molar refractivity (Wildman–Crippen MR) is 67.7 cm³/mol. The number of halogens is 2. The Kier molecular flexibility index (Phi) is 3.69. The lowest BCUT2D eigenvalue weighted by Crippen LogP contribution is -1.99. The minimum absolute atomic E-state index is 0.0449. The molecule has 0 spiro atoms. The number of nitrogens with zero attached hydrogens (tertiary/aromatic N) is 1. The van der Waals surface area contributed by atoms with Crippen LogP contribution in [0.25, 0.3) is 0 Å². The Labute approximate surface area is 113 Å². The van der Waals surface area contributed by atoms with Crippen molar-refractivity contribution in [2.24, 2.45) is 0 Å². The van der Waals surface area contributed by atoms with E-state index >= 15 is 0 Å². The maximum absolute atomic E-state index is 10.6. The average Bonchev–Trinajstić information content (AvgIpc) is 2.34. The van der Waals surface area contributed by atoms with Gasteiger partial charge in [-0.1, -0.05) is 23.2 Å². The molecule has 6 heteroatoms. The Morgan fingerprint density at radius 3 is 2.39 bits per heavy atom. The van der Waals surface area contributed by atoms with Crippen LogP contribution in [0.4, 0.5) is 0 Å². The molecule has 1 aromatic heterocycles. The van der Waals surface area contributed by atoms with Crippen LogP contribution in [0.2, 0.25) is 10.0 Å². The Bertz CT molecular complexity index is 584. The van der Waals surface area contributed by atoms with E-state index in [9.17, 15) is 4.79 Å². The number of aromatic carboxylic acids is 1. The standard InChI is InChI=1S/C12H7Cl2NO3/c13-9-3-1-7(5-10(9)14)18-8-2-4-11(12(16)17)15-6-8/h1-6H,(H,16,17). The minimum atomic E-state index is -1.09. The van der Waals surface area contributed by atoms with Crippen LogP contribution >= 0.6 is 23.2 Å². The molecule has 0 amide bonds. The van der Waals surface area contributed by atoms with Crippen LogP contribution in [0.15, 0.2) is 36.5 Å². The molecule has 18 heavy (non-hydrogen) atoms. The zero-order valence-corrected chi connectivity index (χ0v) is 10.4.